The molecule has 0 bridgehead atoms. The number of hydrogen-bond acceptors (Lipinski definition) is 10. The Morgan fingerprint density at radius 1 is 1.23 bits per heavy atom. The minimum Gasteiger partial charge on any atom is -0.382 e. The number of nitrogens with one attached hydrogen (secondary N) is 1. The van der Waals surface area contributed by atoms with Gasteiger partial charge >= 0.3 is 0 Å². The molecule has 172 valence electrons. The number of rotatable bonds is 12. The van der Waals surface area contributed by atoms with Crippen LogP contribution in [-0.2, 0) is 18.9 Å². The molecule has 1 N–H and O–H groups in total. The van der Waals surface area contributed by atoms with Crippen molar-refractivity contribution in [3.63, 3.8) is 0 Å². The Bertz CT molecular complexity index is 799. The van der Waals surface area contributed by atoms with Crippen LogP contribution in [0.4, 0.5) is 5.95 Å². The Morgan fingerprint density at radius 3 is 2.52 bits per heavy atom. The molecule has 3 atom stereocenters. The van der Waals surface area contributed by atoms with Gasteiger partial charge in [-0.15, -0.1) is 10.2 Å². The van der Waals surface area contributed by atoms with Crippen molar-refractivity contribution >= 4 is 29.5 Å². The van der Waals surface area contributed by atoms with Crippen molar-refractivity contribution in [3.8, 4) is 0 Å². The summed E-state index contributed by atoms with van der Waals surface area (Å²) in [7, 11) is 4.96. The van der Waals surface area contributed by atoms with Gasteiger partial charge in [-0.05, 0) is 31.7 Å². The third-order valence-corrected chi connectivity index (χ3v) is 6.05. The van der Waals surface area contributed by atoms with E-state index >= 15 is 0 Å². The Labute approximate surface area is 191 Å². The minimum absolute atomic E-state index is 0.0363. The van der Waals surface area contributed by atoms with Crippen molar-refractivity contribution in [2.75, 3.05) is 45.9 Å². The topological polar surface area (TPSA) is 105 Å². The zero-order chi connectivity index (χ0) is 22.2. The summed E-state index contributed by atoms with van der Waals surface area (Å²) in [5.74, 6) is 1.94. The van der Waals surface area contributed by atoms with Crippen LogP contribution in [0.2, 0.25) is 5.02 Å². The molecule has 1 fully saturated rings. The fourth-order valence-electron chi connectivity index (χ4n) is 3.50. The molecule has 1 aliphatic rings. The van der Waals surface area contributed by atoms with Crippen molar-refractivity contribution in [3.05, 3.63) is 29.1 Å². The second-order valence-electron chi connectivity index (χ2n) is 7.16. The molecule has 3 rings (SSSR count). The predicted octanol–water partition coefficient (Wildman–Crippen LogP) is 3.24. The van der Waals surface area contributed by atoms with E-state index in [1.54, 1.807) is 33.7 Å². The van der Waals surface area contributed by atoms with Crippen LogP contribution in [0, 0.1) is 0 Å². The highest BCUT2D eigenvalue weighted by molar-refractivity contribution is 8.01. The molecule has 1 saturated heterocycles. The lowest BCUT2D eigenvalue weighted by molar-refractivity contribution is 0.0728. The maximum Gasteiger partial charge on any atom is 0.235 e. The first-order valence-electron chi connectivity index (χ1n) is 10.0. The van der Waals surface area contributed by atoms with Crippen LogP contribution >= 0.6 is 23.5 Å². The molecule has 0 spiro atoms. The lowest BCUT2D eigenvalue weighted by atomic mass is 10.2. The molecular weight excluding hydrogens is 444 g/mol. The van der Waals surface area contributed by atoms with Gasteiger partial charge in [-0.25, -0.2) is 9.97 Å². The van der Waals surface area contributed by atoms with E-state index in [2.05, 4.69) is 24.9 Å². The lowest BCUT2D eigenvalue weighted by Gasteiger charge is -2.24. The Hall–Kier alpha value is -1.50. The number of ether oxygens (including phenoxy) is 4. The maximum absolute atomic E-state index is 5.90. The average molecular weight is 473 g/mol. The highest BCUT2D eigenvalue weighted by Crippen LogP contribution is 2.33. The van der Waals surface area contributed by atoms with Crippen molar-refractivity contribution in [1.29, 1.82) is 0 Å². The van der Waals surface area contributed by atoms with Gasteiger partial charge in [0.2, 0.25) is 5.95 Å². The molecule has 0 aromatic carbocycles. The van der Waals surface area contributed by atoms with Gasteiger partial charge in [0.05, 0.1) is 29.5 Å². The summed E-state index contributed by atoms with van der Waals surface area (Å²) >= 11 is 7.35. The zero-order valence-corrected chi connectivity index (χ0v) is 19.7. The summed E-state index contributed by atoms with van der Waals surface area (Å²) in [6.07, 6.45) is 4.61. The first-order chi connectivity index (χ1) is 15.1. The predicted molar refractivity (Wildman–Crippen MR) is 118 cm³/mol. The summed E-state index contributed by atoms with van der Waals surface area (Å²) in [4.78, 5) is 8.57. The zero-order valence-electron chi connectivity index (χ0n) is 18.2. The van der Waals surface area contributed by atoms with Gasteiger partial charge in [0.1, 0.15) is 12.2 Å². The number of hydrogen-bond donors (Lipinski definition) is 1. The van der Waals surface area contributed by atoms with Gasteiger partial charge in [-0.2, -0.15) is 0 Å². The molecule has 0 amide bonds. The SMILES string of the molecule is COCC(COC)n1c(NSC(C)C(OC)c2ncc(Cl)cn2)nnc1C1CCCO1. The third-order valence-electron chi connectivity index (χ3n) is 4.93. The fourth-order valence-corrected chi connectivity index (χ4v) is 4.38. The summed E-state index contributed by atoms with van der Waals surface area (Å²) < 4.78 is 27.7. The lowest BCUT2D eigenvalue weighted by Crippen LogP contribution is -2.25. The van der Waals surface area contributed by atoms with E-state index in [1.165, 1.54) is 11.9 Å². The molecule has 2 aromatic heterocycles. The first-order valence-corrected chi connectivity index (χ1v) is 11.3. The van der Waals surface area contributed by atoms with Crippen LogP contribution in [0.3, 0.4) is 0 Å². The average Bonchev–Trinajstić information content (AvgIpc) is 3.43. The van der Waals surface area contributed by atoms with Crippen LogP contribution in [0.25, 0.3) is 0 Å². The van der Waals surface area contributed by atoms with Gasteiger partial charge in [0.25, 0.3) is 0 Å². The maximum atomic E-state index is 5.90. The quantitative estimate of drug-likeness (QED) is 0.462. The van der Waals surface area contributed by atoms with E-state index in [-0.39, 0.29) is 23.5 Å². The van der Waals surface area contributed by atoms with Gasteiger partial charge in [0.15, 0.2) is 11.6 Å². The van der Waals surface area contributed by atoms with Crippen LogP contribution in [0.15, 0.2) is 12.4 Å². The normalized spacial score (nSPS) is 18.5. The number of halogens is 1. The molecule has 0 aliphatic carbocycles. The number of nitrogens with zero attached hydrogens (tertiary/aromatic N) is 5. The number of anilines is 1. The molecule has 12 heteroatoms. The van der Waals surface area contributed by atoms with Crippen LogP contribution < -0.4 is 4.72 Å². The molecule has 2 aromatic rings. The summed E-state index contributed by atoms with van der Waals surface area (Å²) in [6, 6.07) is -0.0968. The van der Waals surface area contributed by atoms with E-state index in [0.29, 0.717) is 30.0 Å². The summed E-state index contributed by atoms with van der Waals surface area (Å²) in [5, 5.41) is 9.26. The Kier molecular flexibility index (Phi) is 9.30. The van der Waals surface area contributed by atoms with Crippen LogP contribution in [-0.4, -0.2) is 71.1 Å². The monoisotopic (exact) mass is 472 g/mol. The first kappa shape index (κ1) is 24.1. The molecule has 1 aliphatic heterocycles. The number of aromatic nitrogens is 5. The standard InChI is InChI=1S/C19H29ClN6O4S/c1-12(16(29-4)17-21-8-13(20)9-22-17)31-25-19-24-23-18(15-6-5-7-30-15)26(19)14(10-27-2)11-28-3/h8-9,12,14-16H,5-7,10-11H2,1-4H3,(H,24,25). The smallest absolute Gasteiger partial charge is 0.235 e. The Balaban J connectivity index is 1.78. The van der Waals surface area contributed by atoms with Gasteiger partial charge in [-0.1, -0.05) is 11.6 Å². The van der Waals surface area contributed by atoms with Crippen LogP contribution in [0.5, 0.6) is 0 Å². The Morgan fingerprint density at radius 2 is 1.94 bits per heavy atom. The molecule has 10 nitrogen and oxygen atoms in total. The highest BCUT2D eigenvalue weighted by Gasteiger charge is 2.30. The third kappa shape index (κ3) is 6.05. The van der Waals surface area contributed by atoms with Crippen molar-refractivity contribution in [2.45, 2.75) is 43.3 Å². The molecule has 0 radical (unpaired) electrons. The van der Waals surface area contributed by atoms with Crippen molar-refractivity contribution in [2.24, 2.45) is 0 Å². The largest absolute Gasteiger partial charge is 0.382 e. The summed E-state index contributed by atoms with van der Waals surface area (Å²) in [6.45, 7) is 3.66. The van der Waals surface area contributed by atoms with E-state index in [4.69, 9.17) is 30.5 Å². The van der Waals surface area contributed by atoms with E-state index < -0.39 is 0 Å². The second kappa shape index (κ2) is 11.9. The summed E-state index contributed by atoms with van der Waals surface area (Å²) in [5.41, 5.74) is 0. The van der Waals surface area contributed by atoms with E-state index in [9.17, 15) is 0 Å². The molecule has 3 unspecified atom stereocenters. The van der Waals surface area contributed by atoms with E-state index in [1.807, 2.05) is 11.5 Å². The molecule has 3 heterocycles. The van der Waals surface area contributed by atoms with E-state index in [0.717, 1.165) is 25.3 Å². The van der Waals surface area contributed by atoms with Crippen LogP contribution in [0.1, 0.15) is 49.7 Å². The van der Waals surface area contributed by atoms with Gasteiger partial charge < -0.3 is 18.9 Å². The van der Waals surface area contributed by atoms with Gasteiger partial charge in [-0.3, -0.25) is 9.29 Å². The number of methoxy groups -OCH3 is 3. The highest BCUT2D eigenvalue weighted by atomic mass is 35.5. The van der Waals surface area contributed by atoms with Crippen molar-refractivity contribution < 1.29 is 18.9 Å². The second-order valence-corrected chi connectivity index (χ2v) is 8.78. The molecule has 31 heavy (non-hydrogen) atoms. The minimum atomic E-state index is -0.336. The van der Waals surface area contributed by atoms with Gasteiger partial charge in [0, 0.05) is 40.3 Å². The fraction of sp³-hybridized carbons (Fsp3) is 0.684. The molecule has 0 saturated carbocycles. The van der Waals surface area contributed by atoms with Crippen molar-refractivity contribution in [1.82, 2.24) is 24.7 Å². The molecular formula is C19H29ClN6O4S.